The molecule has 1 N–H and O–H groups in total. The fourth-order valence-corrected chi connectivity index (χ4v) is 2.64. The van der Waals surface area contributed by atoms with Crippen molar-refractivity contribution in [2.75, 3.05) is 11.4 Å². The molecular weight excluding hydrogens is 256 g/mol. The van der Waals surface area contributed by atoms with Gasteiger partial charge in [-0.15, -0.1) is 0 Å². The fraction of sp³-hybridized carbons (Fsp3) is 0.333. The van der Waals surface area contributed by atoms with Gasteiger partial charge in [-0.2, -0.15) is 0 Å². The van der Waals surface area contributed by atoms with E-state index in [0.717, 1.165) is 19.4 Å². The number of rotatable bonds is 3. The molecule has 104 valence electrons. The summed E-state index contributed by atoms with van der Waals surface area (Å²) in [6.45, 7) is 3.59. The number of hydrogen-bond acceptors (Lipinski definition) is 4. The Morgan fingerprint density at radius 1 is 1.45 bits per heavy atom. The largest absolute Gasteiger partial charge is 0.476 e. The van der Waals surface area contributed by atoms with Crippen LogP contribution in [0.1, 0.15) is 33.8 Å². The molecule has 0 amide bonds. The number of carbonyl (C=O) groups is 1. The molecule has 2 aromatic rings. The molecule has 3 rings (SSSR count). The van der Waals surface area contributed by atoms with Crippen molar-refractivity contribution in [1.29, 1.82) is 0 Å². The number of carboxylic acid groups (broad SMARTS) is 1. The van der Waals surface area contributed by atoms with Crippen LogP contribution in [0.4, 0.5) is 5.69 Å². The highest BCUT2D eigenvalue weighted by atomic mass is 16.5. The normalized spacial score (nSPS) is 14.2. The van der Waals surface area contributed by atoms with Crippen molar-refractivity contribution in [3.63, 3.8) is 0 Å². The van der Waals surface area contributed by atoms with E-state index in [2.05, 4.69) is 35.2 Å². The Morgan fingerprint density at radius 3 is 3.05 bits per heavy atom. The van der Waals surface area contributed by atoms with Crippen molar-refractivity contribution in [1.82, 2.24) is 5.16 Å². The van der Waals surface area contributed by atoms with Crippen LogP contribution in [-0.2, 0) is 13.0 Å². The number of fused-ring (bicyclic) bond motifs is 1. The van der Waals surface area contributed by atoms with Crippen LogP contribution < -0.4 is 4.90 Å². The van der Waals surface area contributed by atoms with Crippen molar-refractivity contribution in [3.8, 4) is 0 Å². The first-order valence-corrected chi connectivity index (χ1v) is 6.67. The van der Waals surface area contributed by atoms with E-state index in [1.807, 2.05) is 0 Å². The molecule has 0 aliphatic carbocycles. The monoisotopic (exact) mass is 272 g/mol. The maximum Gasteiger partial charge on any atom is 0.358 e. The number of aromatic carboxylic acids is 1. The first-order chi connectivity index (χ1) is 9.63. The van der Waals surface area contributed by atoms with E-state index < -0.39 is 5.97 Å². The van der Waals surface area contributed by atoms with Gasteiger partial charge in [0, 0.05) is 18.3 Å². The van der Waals surface area contributed by atoms with Crippen LogP contribution in [0.2, 0.25) is 0 Å². The average molecular weight is 272 g/mol. The highest BCUT2D eigenvalue weighted by molar-refractivity contribution is 5.85. The van der Waals surface area contributed by atoms with E-state index in [9.17, 15) is 4.79 Å². The topological polar surface area (TPSA) is 66.6 Å². The van der Waals surface area contributed by atoms with Gasteiger partial charge in [0.1, 0.15) is 0 Å². The standard InChI is InChI=1S/C15H16N2O3/c1-10-4-5-14-11(7-10)3-2-6-17(14)9-12-8-13(15(18)19)16-20-12/h4-5,7-8H,2-3,6,9H2,1H3,(H,18,19). The summed E-state index contributed by atoms with van der Waals surface area (Å²) in [7, 11) is 0. The van der Waals surface area contributed by atoms with Crippen molar-refractivity contribution < 1.29 is 14.4 Å². The van der Waals surface area contributed by atoms with E-state index in [-0.39, 0.29) is 5.69 Å². The highest BCUT2D eigenvalue weighted by Gasteiger charge is 2.19. The molecule has 0 fully saturated rings. The van der Waals surface area contributed by atoms with Gasteiger partial charge in [-0.05, 0) is 31.4 Å². The minimum Gasteiger partial charge on any atom is -0.476 e. The molecule has 0 radical (unpaired) electrons. The number of carboxylic acids is 1. The highest BCUT2D eigenvalue weighted by Crippen LogP contribution is 2.29. The second-order valence-corrected chi connectivity index (χ2v) is 5.14. The SMILES string of the molecule is Cc1ccc2c(c1)CCCN2Cc1cc(C(=O)O)no1. The second kappa shape index (κ2) is 5.00. The van der Waals surface area contributed by atoms with Crippen molar-refractivity contribution in [3.05, 3.63) is 46.8 Å². The molecule has 1 aliphatic heterocycles. The first kappa shape index (κ1) is 12.7. The van der Waals surface area contributed by atoms with Gasteiger partial charge in [0.25, 0.3) is 0 Å². The third-order valence-corrected chi connectivity index (χ3v) is 3.57. The summed E-state index contributed by atoms with van der Waals surface area (Å²) in [6.07, 6.45) is 2.18. The zero-order valence-electron chi connectivity index (χ0n) is 11.3. The molecule has 0 bridgehead atoms. The minimum absolute atomic E-state index is 0.0406. The molecule has 0 spiro atoms. The fourth-order valence-electron chi connectivity index (χ4n) is 2.64. The third-order valence-electron chi connectivity index (χ3n) is 3.57. The second-order valence-electron chi connectivity index (χ2n) is 5.14. The van der Waals surface area contributed by atoms with E-state index in [4.69, 9.17) is 9.63 Å². The Bertz CT molecular complexity index is 648. The molecule has 1 aliphatic rings. The summed E-state index contributed by atoms with van der Waals surface area (Å²) in [5.41, 5.74) is 3.77. The van der Waals surface area contributed by atoms with Gasteiger partial charge in [-0.1, -0.05) is 22.9 Å². The van der Waals surface area contributed by atoms with Crippen molar-refractivity contribution in [2.24, 2.45) is 0 Å². The lowest BCUT2D eigenvalue weighted by Gasteiger charge is -2.30. The van der Waals surface area contributed by atoms with E-state index in [0.29, 0.717) is 12.3 Å². The van der Waals surface area contributed by atoms with Gasteiger partial charge in [-0.25, -0.2) is 4.79 Å². The van der Waals surface area contributed by atoms with E-state index in [1.54, 1.807) is 0 Å². The van der Waals surface area contributed by atoms with Crippen LogP contribution >= 0.6 is 0 Å². The molecule has 5 heteroatoms. The lowest BCUT2D eigenvalue weighted by atomic mass is 9.99. The predicted molar refractivity (Wildman–Crippen MR) is 74.0 cm³/mol. The third kappa shape index (κ3) is 2.39. The lowest BCUT2D eigenvalue weighted by Crippen LogP contribution is -2.28. The van der Waals surface area contributed by atoms with E-state index >= 15 is 0 Å². The maximum absolute atomic E-state index is 10.8. The van der Waals surface area contributed by atoms with Gasteiger partial charge in [0.15, 0.2) is 11.5 Å². The molecule has 1 aromatic heterocycles. The van der Waals surface area contributed by atoms with Gasteiger partial charge in [-0.3, -0.25) is 0 Å². The number of hydrogen-bond donors (Lipinski definition) is 1. The van der Waals surface area contributed by atoms with Gasteiger partial charge < -0.3 is 14.5 Å². The number of nitrogens with zero attached hydrogens (tertiary/aromatic N) is 2. The van der Waals surface area contributed by atoms with Crippen LogP contribution in [-0.4, -0.2) is 22.8 Å². The maximum atomic E-state index is 10.8. The predicted octanol–water partition coefficient (Wildman–Crippen LogP) is 2.63. The molecule has 2 heterocycles. The zero-order chi connectivity index (χ0) is 14.1. The molecule has 0 saturated carbocycles. The van der Waals surface area contributed by atoms with Crippen LogP contribution in [0.3, 0.4) is 0 Å². The summed E-state index contributed by atoms with van der Waals surface area (Å²) in [4.78, 5) is 13.0. The Morgan fingerprint density at radius 2 is 2.30 bits per heavy atom. The lowest BCUT2D eigenvalue weighted by molar-refractivity contribution is 0.0685. The molecule has 5 nitrogen and oxygen atoms in total. The van der Waals surface area contributed by atoms with Crippen molar-refractivity contribution in [2.45, 2.75) is 26.3 Å². The zero-order valence-corrected chi connectivity index (χ0v) is 11.3. The molecule has 1 aromatic carbocycles. The van der Waals surface area contributed by atoms with Crippen molar-refractivity contribution >= 4 is 11.7 Å². The van der Waals surface area contributed by atoms with E-state index in [1.165, 1.54) is 22.9 Å². The quantitative estimate of drug-likeness (QED) is 0.930. The molecule has 0 saturated heterocycles. The van der Waals surface area contributed by atoms with Crippen LogP contribution in [0, 0.1) is 6.92 Å². The average Bonchev–Trinajstić information content (AvgIpc) is 2.87. The van der Waals surface area contributed by atoms with Crippen LogP contribution in [0.25, 0.3) is 0 Å². The molecule has 0 unspecified atom stereocenters. The van der Waals surface area contributed by atoms with Gasteiger partial charge in [0.2, 0.25) is 0 Å². The minimum atomic E-state index is -1.06. The van der Waals surface area contributed by atoms with Crippen LogP contribution in [0.15, 0.2) is 28.8 Å². The Labute approximate surface area is 116 Å². The summed E-state index contributed by atoms with van der Waals surface area (Å²) in [5, 5.41) is 12.4. The molecule has 0 atom stereocenters. The summed E-state index contributed by atoms with van der Waals surface area (Å²) < 4.78 is 5.09. The van der Waals surface area contributed by atoms with Gasteiger partial charge in [0.05, 0.1) is 6.54 Å². The van der Waals surface area contributed by atoms with Crippen LogP contribution in [0.5, 0.6) is 0 Å². The summed E-state index contributed by atoms with van der Waals surface area (Å²) in [5.74, 6) is -0.481. The Kier molecular flexibility index (Phi) is 3.18. The van der Waals surface area contributed by atoms with Gasteiger partial charge >= 0.3 is 5.97 Å². The Balaban J connectivity index is 1.83. The number of aryl methyl sites for hydroxylation is 2. The summed E-state index contributed by atoms with van der Waals surface area (Å²) in [6, 6.07) is 7.92. The smallest absolute Gasteiger partial charge is 0.358 e. The molecule has 20 heavy (non-hydrogen) atoms. The first-order valence-electron chi connectivity index (χ1n) is 6.67. The summed E-state index contributed by atoms with van der Waals surface area (Å²) >= 11 is 0. The number of aromatic nitrogens is 1. The molecular formula is C15H16N2O3. The number of anilines is 1. The number of benzene rings is 1. The Hall–Kier alpha value is -2.30.